The van der Waals surface area contributed by atoms with Crippen molar-refractivity contribution in [2.45, 2.75) is 18.9 Å². The van der Waals surface area contributed by atoms with E-state index in [9.17, 15) is 4.79 Å². The van der Waals surface area contributed by atoms with Gasteiger partial charge in [-0.25, -0.2) is 9.78 Å². The summed E-state index contributed by atoms with van der Waals surface area (Å²) in [4.78, 5) is 15.5. The Labute approximate surface area is 192 Å². The quantitative estimate of drug-likeness (QED) is 0.293. The lowest BCUT2D eigenvalue weighted by Gasteiger charge is -2.16. The number of carboxylic acid groups (broad SMARTS) is 1. The average molecular weight is 447 g/mol. The molecule has 0 saturated heterocycles. The van der Waals surface area contributed by atoms with Gasteiger partial charge in [0, 0.05) is 6.42 Å². The lowest BCUT2D eigenvalue weighted by Crippen LogP contribution is -2.22. The molecule has 2 N–H and O–H groups in total. The molecule has 0 fully saturated rings. The normalized spacial score (nSPS) is 11.9. The Bertz CT molecular complexity index is 1130. The lowest BCUT2D eigenvalue weighted by atomic mass is 10.2. The number of ether oxygens (including phenoxy) is 2. The third-order valence-corrected chi connectivity index (χ3v) is 5.06. The number of para-hydroxylation sites is 3. The van der Waals surface area contributed by atoms with Gasteiger partial charge in [0.2, 0.25) is 5.89 Å². The molecule has 1 heterocycles. The summed E-state index contributed by atoms with van der Waals surface area (Å²) < 4.78 is 17.8. The standard InChI is InChI=1S/C26H26N2O5/c29-26(30)19-11-13-20(14-12-19)31-18-6-16-27-17-15-24(32-21-7-2-1-3-8-21)25-28-22-9-4-5-10-23(22)33-25/h1-5,7-14,24,27H,6,15-18H2,(H,29,30). The van der Waals surface area contributed by atoms with Crippen LogP contribution in [0.25, 0.3) is 11.1 Å². The molecule has 0 aliphatic carbocycles. The van der Waals surface area contributed by atoms with Crippen LogP contribution in [-0.2, 0) is 0 Å². The van der Waals surface area contributed by atoms with Gasteiger partial charge in [-0.1, -0.05) is 30.3 Å². The molecule has 0 saturated carbocycles. The van der Waals surface area contributed by atoms with E-state index in [1.54, 1.807) is 12.1 Å². The SMILES string of the molecule is O=C(O)c1ccc(OCCCNCCC(Oc2ccccc2)c2nc3ccccc3o2)cc1. The number of fused-ring (bicyclic) bond motifs is 1. The van der Waals surface area contributed by atoms with Crippen LogP contribution in [0.5, 0.6) is 11.5 Å². The number of carbonyl (C=O) groups is 1. The molecular formula is C26H26N2O5. The Morgan fingerprint density at radius 2 is 1.70 bits per heavy atom. The number of hydrogen-bond acceptors (Lipinski definition) is 6. The van der Waals surface area contributed by atoms with Gasteiger partial charge in [0.05, 0.1) is 12.2 Å². The molecule has 4 rings (SSSR count). The van der Waals surface area contributed by atoms with E-state index in [1.807, 2.05) is 54.6 Å². The van der Waals surface area contributed by atoms with Gasteiger partial charge in [0.1, 0.15) is 17.0 Å². The molecule has 0 amide bonds. The summed E-state index contributed by atoms with van der Waals surface area (Å²) in [6.45, 7) is 2.04. The Morgan fingerprint density at radius 3 is 2.45 bits per heavy atom. The minimum absolute atomic E-state index is 0.246. The van der Waals surface area contributed by atoms with E-state index in [1.165, 1.54) is 12.1 Å². The predicted molar refractivity (Wildman–Crippen MR) is 125 cm³/mol. The van der Waals surface area contributed by atoms with Crippen LogP contribution < -0.4 is 14.8 Å². The number of hydrogen-bond donors (Lipinski definition) is 2. The fourth-order valence-electron chi connectivity index (χ4n) is 3.36. The van der Waals surface area contributed by atoms with Crippen molar-refractivity contribution in [1.82, 2.24) is 10.3 Å². The fraction of sp³-hybridized carbons (Fsp3) is 0.231. The average Bonchev–Trinajstić information content (AvgIpc) is 3.28. The van der Waals surface area contributed by atoms with Crippen LogP contribution in [0.2, 0.25) is 0 Å². The van der Waals surface area contributed by atoms with Gasteiger partial charge < -0.3 is 24.3 Å². The maximum Gasteiger partial charge on any atom is 0.335 e. The topological polar surface area (TPSA) is 93.8 Å². The summed E-state index contributed by atoms with van der Waals surface area (Å²) in [5.74, 6) is 1.05. The van der Waals surface area contributed by atoms with Gasteiger partial charge in [-0.2, -0.15) is 0 Å². The summed E-state index contributed by atoms with van der Waals surface area (Å²) in [6.07, 6.45) is 1.20. The number of aromatic carboxylic acids is 1. The van der Waals surface area contributed by atoms with Gasteiger partial charge in [0.25, 0.3) is 0 Å². The number of rotatable bonds is 12. The third kappa shape index (κ3) is 6.33. The highest BCUT2D eigenvalue weighted by atomic mass is 16.5. The highest BCUT2D eigenvalue weighted by Gasteiger charge is 2.20. The molecule has 4 aromatic rings. The summed E-state index contributed by atoms with van der Waals surface area (Å²) in [7, 11) is 0. The number of carboxylic acids is 1. The molecule has 0 aliphatic heterocycles. The number of nitrogens with one attached hydrogen (secondary N) is 1. The first-order chi connectivity index (χ1) is 16.2. The van der Waals surface area contributed by atoms with Gasteiger partial charge in [-0.15, -0.1) is 0 Å². The fourth-order valence-corrected chi connectivity index (χ4v) is 3.36. The van der Waals surface area contributed by atoms with Gasteiger partial charge in [0.15, 0.2) is 11.7 Å². The summed E-state index contributed by atoms with van der Waals surface area (Å²) in [6, 6.07) is 23.8. The van der Waals surface area contributed by atoms with Gasteiger partial charge in [-0.05, 0) is 68.0 Å². The Kier molecular flexibility index (Phi) is 7.56. The maximum atomic E-state index is 10.9. The molecule has 3 aromatic carbocycles. The number of aromatic nitrogens is 1. The Balaban J connectivity index is 1.25. The second-order valence-electron chi connectivity index (χ2n) is 7.51. The first-order valence-corrected chi connectivity index (χ1v) is 10.9. The van der Waals surface area contributed by atoms with Crippen LogP contribution >= 0.6 is 0 Å². The third-order valence-electron chi connectivity index (χ3n) is 5.06. The van der Waals surface area contributed by atoms with Crippen molar-refractivity contribution in [2.75, 3.05) is 19.7 Å². The zero-order valence-corrected chi connectivity index (χ0v) is 18.1. The second kappa shape index (κ2) is 11.2. The molecule has 170 valence electrons. The molecule has 0 radical (unpaired) electrons. The minimum atomic E-state index is -0.946. The van der Waals surface area contributed by atoms with Crippen molar-refractivity contribution < 1.29 is 23.8 Å². The molecule has 1 aromatic heterocycles. The first-order valence-electron chi connectivity index (χ1n) is 10.9. The molecule has 0 aliphatic rings. The van der Waals surface area contributed by atoms with E-state index in [2.05, 4.69) is 10.3 Å². The second-order valence-corrected chi connectivity index (χ2v) is 7.51. The molecule has 0 spiro atoms. The van der Waals surface area contributed by atoms with Crippen molar-refractivity contribution in [3.63, 3.8) is 0 Å². The van der Waals surface area contributed by atoms with Crippen molar-refractivity contribution >= 4 is 17.1 Å². The highest BCUT2D eigenvalue weighted by molar-refractivity contribution is 5.87. The van der Waals surface area contributed by atoms with Crippen LogP contribution in [0.4, 0.5) is 0 Å². The maximum absolute atomic E-state index is 10.9. The van der Waals surface area contributed by atoms with E-state index in [-0.39, 0.29) is 11.7 Å². The largest absolute Gasteiger partial charge is 0.494 e. The van der Waals surface area contributed by atoms with E-state index < -0.39 is 5.97 Å². The summed E-state index contributed by atoms with van der Waals surface area (Å²) in [5.41, 5.74) is 1.81. The van der Waals surface area contributed by atoms with Crippen molar-refractivity contribution in [3.05, 3.63) is 90.3 Å². The first kappa shape index (κ1) is 22.4. The molecule has 1 atom stereocenters. The van der Waals surface area contributed by atoms with E-state index in [4.69, 9.17) is 19.0 Å². The molecule has 33 heavy (non-hydrogen) atoms. The number of nitrogens with zero attached hydrogens (tertiary/aromatic N) is 1. The molecular weight excluding hydrogens is 420 g/mol. The summed E-state index contributed by atoms with van der Waals surface area (Å²) in [5, 5.41) is 12.3. The zero-order valence-electron chi connectivity index (χ0n) is 18.1. The van der Waals surface area contributed by atoms with E-state index in [0.29, 0.717) is 24.7 Å². The van der Waals surface area contributed by atoms with Crippen molar-refractivity contribution in [1.29, 1.82) is 0 Å². The minimum Gasteiger partial charge on any atom is -0.494 e. The lowest BCUT2D eigenvalue weighted by molar-refractivity contribution is 0.0697. The predicted octanol–water partition coefficient (Wildman–Crippen LogP) is 5.09. The Hall–Kier alpha value is -3.84. The Morgan fingerprint density at radius 1 is 0.939 bits per heavy atom. The van der Waals surface area contributed by atoms with Gasteiger partial charge >= 0.3 is 5.97 Å². The van der Waals surface area contributed by atoms with Crippen LogP contribution in [0.3, 0.4) is 0 Å². The van der Waals surface area contributed by atoms with Crippen LogP contribution in [-0.4, -0.2) is 35.8 Å². The summed E-state index contributed by atoms with van der Waals surface area (Å²) >= 11 is 0. The van der Waals surface area contributed by atoms with Crippen LogP contribution in [0.1, 0.15) is 35.2 Å². The van der Waals surface area contributed by atoms with Crippen LogP contribution in [0, 0.1) is 0 Å². The number of benzene rings is 3. The zero-order chi connectivity index (χ0) is 22.9. The molecule has 7 nitrogen and oxygen atoms in total. The molecule has 0 bridgehead atoms. The smallest absolute Gasteiger partial charge is 0.335 e. The van der Waals surface area contributed by atoms with Crippen LogP contribution in [0.15, 0.2) is 83.3 Å². The van der Waals surface area contributed by atoms with Gasteiger partial charge in [-0.3, -0.25) is 0 Å². The van der Waals surface area contributed by atoms with Crippen molar-refractivity contribution in [3.8, 4) is 11.5 Å². The monoisotopic (exact) mass is 446 g/mol. The van der Waals surface area contributed by atoms with E-state index >= 15 is 0 Å². The number of oxazole rings is 1. The van der Waals surface area contributed by atoms with E-state index in [0.717, 1.165) is 36.4 Å². The highest BCUT2D eigenvalue weighted by Crippen LogP contribution is 2.27. The van der Waals surface area contributed by atoms with Crippen molar-refractivity contribution in [2.24, 2.45) is 0 Å². The molecule has 7 heteroatoms. The molecule has 1 unspecified atom stereocenters.